The first-order valence-electron chi connectivity index (χ1n) is 7.97. The molecule has 2 aromatic rings. The Morgan fingerprint density at radius 1 is 1.12 bits per heavy atom. The summed E-state index contributed by atoms with van der Waals surface area (Å²) in [6.07, 6.45) is 1.92. The number of nitrogens with zero attached hydrogens (tertiary/aromatic N) is 2. The van der Waals surface area contributed by atoms with Gasteiger partial charge in [-0.15, -0.1) is 0 Å². The fourth-order valence-electron chi connectivity index (χ4n) is 2.22. The van der Waals surface area contributed by atoms with E-state index in [9.17, 15) is 0 Å². The van der Waals surface area contributed by atoms with Crippen LogP contribution in [0.5, 0.6) is 11.5 Å². The Bertz CT molecular complexity index is 742. The molecule has 0 unspecified atom stereocenters. The van der Waals surface area contributed by atoms with Gasteiger partial charge in [0.1, 0.15) is 11.5 Å². The number of hydrogen-bond donors (Lipinski definition) is 0. The maximum absolute atomic E-state index is 6.05. The highest BCUT2D eigenvalue weighted by atomic mass is 127. The van der Waals surface area contributed by atoms with Crippen molar-refractivity contribution in [2.75, 3.05) is 13.1 Å². The quantitative estimate of drug-likeness (QED) is 0.258. The van der Waals surface area contributed by atoms with Gasteiger partial charge in [-0.05, 0) is 108 Å². The van der Waals surface area contributed by atoms with Crippen LogP contribution >= 0.6 is 38.5 Å². The molecule has 0 atom stereocenters. The van der Waals surface area contributed by atoms with Gasteiger partial charge in [0.25, 0.3) is 0 Å². The van der Waals surface area contributed by atoms with Crippen LogP contribution in [-0.4, -0.2) is 24.3 Å². The van der Waals surface area contributed by atoms with Crippen LogP contribution in [-0.2, 0) is 0 Å². The van der Waals surface area contributed by atoms with Crippen molar-refractivity contribution in [3.63, 3.8) is 0 Å². The standard InChI is InChI=1S/C19H22BrIN2O/c1-5-23(6-2)12-22-18-9-14(4)19(10-13(18)3)24-15-7-8-17(21)16(20)11-15/h7-12H,5-6H2,1-4H3/b22-12+. The highest BCUT2D eigenvalue weighted by Gasteiger charge is 2.08. The molecule has 0 saturated carbocycles. The predicted octanol–water partition coefficient (Wildman–Crippen LogP) is 6.46. The van der Waals surface area contributed by atoms with Crippen LogP contribution in [0.1, 0.15) is 25.0 Å². The summed E-state index contributed by atoms with van der Waals surface area (Å²) in [5.74, 6) is 1.69. The van der Waals surface area contributed by atoms with Crippen molar-refractivity contribution in [2.24, 2.45) is 4.99 Å². The van der Waals surface area contributed by atoms with Crippen molar-refractivity contribution in [2.45, 2.75) is 27.7 Å². The Morgan fingerprint density at radius 2 is 1.83 bits per heavy atom. The van der Waals surface area contributed by atoms with Crippen molar-refractivity contribution in [1.29, 1.82) is 0 Å². The first kappa shape index (κ1) is 19.2. The van der Waals surface area contributed by atoms with E-state index in [0.717, 1.165) is 49.4 Å². The molecule has 0 spiro atoms. The second-order valence-electron chi connectivity index (χ2n) is 5.55. The van der Waals surface area contributed by atoms with E-state index in [-0.39, 0.29) is 0 Å². The molecular formula is C19H22BrIN2O. The molecule has 128 valence electrons. The molecule has 0 saturated heterocycles. The van der Waals surface area contributed by atoms with Gasteiger partial charge in [0.2, 0.25) is 0 Å². The van der Waals surface area contributed by atoms with E-state index >= 15 is 0 Å². The predicted molar refractivity (Wildman–Crippen MR) is 114 cm³/mol. The molecular weight excluding hydrogens is 479 g/mol. The van der Waals surface area contributed by atoms with E-state index < -0.39 is 0 Å². The maximum Gasteiger partial charge on any atom is 0.130 e. The van der Waals surface area contributed by atoms with E-state index in [2.05, 4.69) is 81.3 Å². The van der Waals surface area contributed by atoms with Crippen LogP contribution in [0.25, 0.3) is 0 Å². The molecule has 5 heteroatoms. The molecule has 0 aliphatic carbocycles. The van der Waals surface area contributed by atoms with Crippen molar-refractivity contribution >= 4 is 50.5 Å². The van der Waals surface area contributed by atoms with Gasteiger partial charge in [-0.25, -0.2) is 4.99 Å². The third-order valence-electron chi connectivity index (χ3n) is 3.78. The lowest BCUT2D eigenvalue weighted by molar-refractivity contribution is 0.477. The van der Waals surface area contributed by atoms with Crippen LogP contribution < -0.4 is 4.74 Å². The van der Waals surface area contributed by atoms with Gasteiger partial charge < -0.3 is 9.64 Å². The monoisotopic (exact) mass is 500 g/mol. The average Bonchev–Trinajstić information content (AvgIpc) is 2.56. The van der Waals surface area contributed by atoms with Gasteiger partial charge >= 0.3 is 0 Å². The Morgan fingerprint density at radius 3 is 2.46 bits per heavy atom. The zero-order chi connectivity index (χ0) is 17.7. The van der Waals surface area contributed by atoms with E-state index in [1.165, 1.54) is 0 Å². The zero-order valence-electron chi connectivity index (χ0n) is 14.4. The van der Waals surface area contributed by atoms with Crippen LogP contribution in [0.4, 0.5) is 5.69 Å². The molecule has 0 bridgehead atoms. The third-order valence-corrected chi connectivity index (χ3v) is 6.12. The summed E-state index contributed by atoms with van der Waals surface area (Å²) in [5.41, 5.74) is 3.15. The molecule has 0 radical (unpaired) electrons. The maximum atomic E-state index is 6.05. The minimum absolute atomic E-state index is 0.823. The molecule has 0 aliphatic heterocycles. The average molecular weight is 501 g/mol. The lowest BCUT2D eigenvalue weighted by atomic mass is 10.1. The fourth-order valence-corrected chi connectivity index (χ4v) is 2.91. The van der Waals surface area contributed by atoms with Crippen LogP contribution in [0, 0.1) is 17.4 Å². The number of halogens is 2. The summed E-state index contributed by atoms with van der Waals surface area (Å²) in [6.45, 7) is 10.3. The zero-order valence-corrected chi connectivity index (χ0v) is 18.2. The smallest absolute Gasteiger partial charge is 0.130 e. The van der Waals surface area contributed by atoms with Crippen molar-refractivity contribution in [3.05, 3.63) is 49.5 Å². The van der Waals surface area contributed by atoms with Crippen LogP contribution in [0.2, 0.25) is 0 Å². The number of benzene rings is 2. The van der Waals surface area contributed by atoms with E-state index in [0.29, 0.717) is 0 Å². The second-order valence-corrected chi connectivity index (χ2v) is 7.56. The van der Waals surface area contributed by atoms with E-state index in [1.807, 2.05) is 31.5 Å². The molecule has 2 rings (SSSR count). The van der Waals surface area contributed by atoms with Gasteiger partial charge in [0.15, 0.2) is 0 Å². The number of aliphatic imine (C=N–C) groups is 1. The molecule has 2 aromatic carbocycles. The number of hydrogen-bond acceptors (Lipinski definition) is 2. The van der Waals surface area contributed by atoms with Gasteiger partial charge in [0.05, 0.1) is 12.0 Å². The number of ether oxygens (including phenoxy) is 1. The fraction of sp³-hybridized carbons (Fsp3) is 0.316. The molecule has 24 heavy (non-hydrogen) atoms. The van der Waals surface area contributed by atoms with Gasteiger partial charge in [-0.1, -0.05) is 0 Å². The summed E-state index contributed by atoms with van der Waals surface area (Å²) < 4.78 is 8.25. The Labute approximate surface area is 166 Å². The molecule has 0 aliphatic rings. The summed E-state index contributed by atoms with van der Waals surface area (Å²) >= 11 is 5.83. The minimum atomic E-state index is 0.823. The lowest BCUT2D eigenvalue weighted by Gasteiger charge is -2.15. The Kier molecular flexibility index (Phi) is 7.10. The highest BCUT2D eigenvalue weighted by molar-refractivity contribution is 14.1. The number of rotatable bonds is 6. The Hall–Kier alpha value is -1.08. The topological polar surface area (TPSA) is 24.8 Å². The molecule has 3 nitrogen and oxygen atoms in total. The van der Waals surface area contributed by atoms with Crippen molar-refractivity contribution in [1.82, 2.24) is 4.90 Å². The summed E-state index contributed by atoms with van der Waals surface area (Å²) in [5, 5.41) is 0. The first-order valence-corrected chi connectivity index (χ1v) is 9.84. The van der Waals surface area contributed by atoms with Crippen molar-refractivity contribution in [3.8, 4) is 11.5 Å². The van der Waals surface area contributed by atoms with E-state index in [4.69, 9.17) is 4.74 Å². The highest BCUT2D eigenvalue weighted by Crippen LogP contribution is 2.33. The third kappa shape index (κ3) is 4.96. The van der Waals surface area contributed by atoms with Gasteiger partial charge in [-0.2, -0.15) is 0 Å². The van der Waals surface area contributed by atoms with Crippen LogP contribution in [0.15, 0.2) is 39.8 Å². The lowest BCUT2D eigenvalue weighted by Crippen LogP contribution is -2.20. The van der Waals surface area contributed by atoms with Gasteiger partial charge in [-0.3, -0.25) is 0 Å². The SMILES string of the molecule is CCN(/C=N/c1cc(C)c(Oc2ccc(I)c(Br)c2)cc1C)CC. The first-order chi connectivity index (χ1) is 11.4. The molecule has 0 heterocycles. The normalized spacial score (nSPS) is 11.1. The Balaban J connectivity index is 2.24. The molecule has 0 amide bonds. The molecule has 0 N–H and O–H groups in total. The van der Waals surface area contributed by atoms with Crippen molar-refractivity contribution < 1.29 is 4.74 Å². The summed E-state index contributed by atoms with van der Waals surface area (Å²) in [4.78, 5) is 6.79. The van der Waals surface area contributed by atoms with Gasteiger partial charge in [0, 0.05) is 21.1 Å². The summed E-state index contributed by atoms with van der Waals surface area (Å²) in [7, 11) is 0. The van der Waals surface area contributed by atoms with E-state index in [1.54, 1.807) is 0 Å². The summed E-state index contributed by atoms with van der Waals surface area (Å²) in [6, 6.07) is 10.1. The second kappa shape index (κ2) is 8.85. The van der Waals surface area contributed by atoms with Crippen LogP contribution in [0.3, 0.4) is 0 Å². The minimum Gasteiger partial charge on any atom is -0.457 e. The molecule has 0 fully saturated rings. The molecule has 0 aromatic heterocycles. The number of aryl methyl sites for hydroxylation is 2. The largest absolute Gasteiger partial charge is 0.457 e.